The first-order chi connectivity index (χ1) is 9.92. The predicted octanol–water partition coefficient (Wildman–Crippen LogP) is -0.0324. The second-order valence-electron chi connectivity index (χ2n) is 4.49. The summed E-state index contributed by atoms with van der Waals surface area (Å²) in [6, 6.07) is 0. The van der Waals surface area contributed by atoms with Gasteiger partial charge in [-0.05, 0) is 12.8 Å². The molecule has 1 amide bonds. The average molecular weight is 315 g/mol. The molecule has 0 bridgehead atoms. The largest absolute Gasteiger partial charge is 0.369 e. The van der Waals surface area contributed by atoms with Gasteiger partial charge in [0, 0.05) is 19.6 Å². The summed E-state index contributed by atoms with van der Waals surface area (Å²) in [7, 11) is -3.18. The maximum absolute atomic E-state index is 11.8. The lowest BCUT2D eigenvalue weighted by atomic mass is 10.4. The molecule has 1 rings (SSSR count). The number of hydrogen-bond acceptors (Lipinski definition) is 6. The van der Waals surface area contributed by atoms with E-state index in [9.17, 15) is 13.2 Å². The molecular weight excluding hydrogens is 294 g/mol. The Labute approximate surface area is 124 Å². The molecule has 0 atom stereocenters. The number of nitrogens with one attached hydrogen (secondary N) is 3. The first-order valence-corrected chi connectivity index (χ1v) is 8.60. The van der Waals surface area contributed by atoms with Crippen LogP contribution in [0.1, 0.15) is 30.3 Å². The molecule has 21 heavy (non-hydrogen) atoms. The van der Waals surface area contributed by atoms with E-state index in [0.29, 0.717) is 18.8 Å². The Hall–Kier alpha value is -1.74. The van der Waals surface area contributed by atoms with E-state index in [2.05, 4.69) is 25.3 Å². The second kappa shape index (κ2) is 8.53. The zero-order valence-corrected chi connectivity index (χ0v) is 13.0. The molecule has 9 heteroatoms. The first kappa shape index (κ1) is 17.3. The normalized spacial score (nSPS) is 11.1. The zero-order valence-electron chi connectivity index (χ0n) is 12.2. The topological polar surface area (TPSA) is 113 Å². The SMILES string of the molecule is CCCNc1cnc(C(=O)NCCCNS(C)(=O)=O)cn1. The van der Waals surface area contributed by atoms with Crippen LogP contribution in [0.15, 0.2) is 12.4 Å². The summed E-state index contributed by atoms with van der Waals surface area (Å²) in [6.07, 6.45) is 5.49. The monoisotopic (exact) mass is 315 g/mol. The maximum atomic E-state index is 11.8. The van der Waals surface area contributed by atoms with Crippen molar-refractivity contribution in [1.82, 2.24) is 20.0 Å². The third kappa shape index (κ3) is 7.57. The summed E-state index contributed by atoms with van der Waals surface area (Å²) >= 11 is 0. The lowest BCUT2D eigenvalue weighted by Crippen LogP contribution is -2.29. The molecule has 1 aromatic heterocycles. The molecule has 0 aliphatic rings. The van der Waals surface area contributed by atoms with Gasteiger partial charge in [-0.3, -0.25) is 4.79 Å². The van der Waals surface area contributed by atoms with Gasteiger partial charge in [0.15, 0.2) is 0 Å². The number of aromatic nitrogens is 2. The average Bonchev–Trinajstić information content (AvgIpc) is 2.44. The van der Waals surface area contributed by atoms with Crippen molar-refractivity contribution < 1.29 is 13.2 Å². The maximum Gasteiger partial charge on any atom is 0.271 e. The van der Waals surface area contributed by atoms with Gasteiger partial charge in [0.25, 0.3) is 5.91 Å². The number of anilines is 1. The second-order valence-corrected chi connectivity index (χ2v) is 6.32. The lowest BCUT2D eigenvalue weighted by molar-refractivity contribution is 0.0948. The van der Waals surface area contributed by atoms with E-state index >= 15 is 0 Å². The van der Waals surface area contributed by atoms with E-state index in [1.807, 2.05) is 6.92 Å². The van der Waals surface area contributed by atoms with Gasteiger partial charge in [0.05, 0.1) is 18.6 Å². The minimum atomic E-state index is -3.18. The molecule has 3 N–H and O–H groups in total. The molecule has 0 aliphatic heterocycles. The molecule has 0 spiro atoms. The van der Waals surface area contributed by atoms with E-state index in [4.69, 9.17) is 0 Å². The highest BCUT2D eigenvalue weighted by Crippen LogP contribution is 2.01. The van der Waals surface area contributed by atoms with Crippen molar-refractivity contribution in [3.63, 3.8) is 0 Å². The fourth-order valence-electron chi connectivity index (χ4n) is 1.43. The highest BCUT2D eigenvalue weighted by molar-refractivity contribution is 7.88. The molecule has 8 nitrogen and oxygen atoms in total. The summed E-state index contributed by atoms with van der Waals surface area (Å²) in [5.74, 6) is 0.301. The molecule has 1 heterocycles. The molecule has 1 aromatic rings. The fourth-order valence-corrected chi connectivity index (χ4v) is 1.94. The van der Waals surface area contributed by atoms with Gasteiger partial charge in [-0.2, -0.15) is 0 Å². The van der Waals surface area contributed by atoms with Crippen LogP contribution in [-0.4, -0.2) is 50.2 Å². The standard InChI is InChI=1S/C12H21N5O3S/c1-3-5-13-11-9-15-10(8-16-11)12(18)14-6-4-7-17-21(2,19)20/h8-9,17H,3-7H2,1-2H3,(H,13,16)(H,14,18). The minimum Gasteiger partial charge on any atom is -0.369 e. The van der Waals surface area contributed by atoms with Crippen LogP contribution in [0.5, 0.6) is 0 Å². The van der Waals surface area contributed by atoms with Crippen molar-refractivity contribution in [3.8, 4) is 0 Å². The third-order valence-corrected chi connectivity index (χ3v) is 3.17. The number of hydrogen-bond donors (Lipinski definition) is 3. The summed E-state index contributed by atoms with van der Waals surface area (Å²) in [5.41, 5.74) is 0.230. The number of carbonyl (C=O) groups is 1. The molecule has 0 saturated carbocycles. The Kier molecular flexibility index (Phi) is 7.03. The van der Waals surface area contributed by atoms with E-state index < -0.39 is 10.0 Å². The first-order valence-electron chi connectivity index (χ1n) is 6.71. The summed E-state index contributed by atoms with van der Waals surface area (Å²) in [5, 5.41) is 5.72. The van der Waals surface area contributed by atoms with Crippen molar-refractivity contribution in [3.05, 3.63) is 18.1 Å². The molecular formula is C12H21N5O3S. The molecule has 0 unspecified atom stereocenters. The van der Waals surface area contributed by atoms with E-state index in [1.165, 1.54) is 12.4 Å². The van der Waals surface area contributed by atoms with Crippen LogP contribution in [0.4, 0.5) is 5.82 Å². The summed E-state index contributed by atoms with van der Waals surface area (Å²) < 4.78 is 24.0. The Balaban J connectivity index is 2.31. The number of nitrogens with zero attached hydrogens (tertiary/aromatic N) is 2. The molecule has 0 saturated heterocycles. The van der Waals surface area contributed by atoms with Gasteiger partial charge < -0.3 is 10.6 Å². The molecule has 0 aromatic carbocycles. The van der Waals surface area contributed by atoms with Gasteiger partial charge in [-0.1, -0.05) is 6.92 Å². The van der Waals surface area contributed by atoms with Crippen LogP contribution < -0.4 is 15.4 Å². The van der Waals surface area contributed by atoms with Crippen LogP contribution in [0.2, 0.25) is 0 Å². The lowest BCUT2D eigenvalue weighted by Gasteiger charge is -2.06. The van der Waals surface area contributed by atoms with Crippen LogP contribution >= 0.6 is 0 Å². The number of carbonyl (C=O) groups excluding carboxylic acids is 1. The number of amides is 1. The quantitative estimate of drug-likeness (QED) is 0.551. The Morgan fingerprint density at radius 1 is 1.19 bits per heavy atom. The van der Waals surface area contributed by atoms with Crippen molar-refractivity contribution in [2.75, 3.05) is 31.2 Å². The van der Waals surface area contributed by atoms with Crippen molar-refractivity contribution >= 4 is 21.7 Å². The van der Waals surface area contributed by atoms with Crippen LogP contribution in [0.3, 0.4) is 0 Å². The van der Waals surface area contributed by atoms with Crippen molar-refractivity contribution in [2.24, 2.45) is 0 Å². The van der Waals surface area contributed by atoms with Crippen LogP contribution in [-0.2, 0) is 10.0 Å². The van der Waals surface area contributed by atoms with Crippen molar-refractivity contribution in [2.45, 2.75) is 19.8 Å². The minimum absolute atomic E-state index is 0.230. The zero-order chi connectivity index (χ0) is 15.7. The highest BCUT2D eigenvalue weighted by Gasteiger charge is 2.07. The van der Waals surface area contributed by atoms with E-state index in [0.717, 1.165) is 19.2 Å². The molecule has 0 radical (unpaired) electrons. The third-order valence-electron chi connectivity index (χ3n) is 2.44. The molecule has 0 aliphatic carbocycles. The van der Waals surface area contributed by atoms with Crippen molar-refractivity contribution in [1.29, 1.82) is 0 Å². The summed E-state index contributed by atoms with van der Waals surface area (Å²) in [4.78, 5) is 19.9. The molecule has 0 fully saturated rings. The smallest absolute Gasteiger partial charge is 0.271 e. The van der Waals surface area contributed by atoms with Gasteiger partial charge in [-0.15, -0.1) is 0 Å². The van der Waals surface area contributed by atoms with Gasteiger partial charge in [0.2, 0.25) is 10.0 Å². The number of rotatable bonds is 9. The van der Waals surface area contributed by atoms with Crippen LogP contribution in [0.25, 0.3) is 0 Å². The van der Waals surface area contributed by atoms with Gasteiger partial charge in [0.1, 0.15) is 11.5 Å². The Bertz CT molecular complexity index is 545. The van der Waals surface area contributed by atoms with Gasteiger partial charge in [-0.25, -0.2) is 23.1 Å². The highest BCUT2D eigenvalue weighted by atomic mass is 32.2. The summed E-state index contributed by atoms with van der Waals surface area (Å²) in [6.45, 7) is 3.48. The van der Waals surface area contributed by atoms with Crippen LogP contribution in [0, 0.1) is 0 Å². The molecule has 118 valence electrons. The predicted molar refractivity (Wildman–Crippen MR) is 80.6 cm³/mol. The van der Waals surface area contributed by atoms with E-state index in [-0.39, 0.29) is 18.1 Å². The fraction of sp³-hybridized carbons (Fsp3) is 0.583. The van der Waals surface area contributed by atoms with Gasteiger partial charge >= 0.3 is 0 Å². The Morgan fingerprint density at radius 2 is 1.95 bits per heavy atom. The van der Waals surface area contributed by atoms with E-state index in [1.54, 1.807) is 0 Å². The Morgan fingerprint density at radius 3 is 2.52 bits per heavy atom. The number of sulfonamides is 1.